The SMILES string of the molecule is NC(=O)c1ccc(C(=O)Nc2ccc(Br)cc2F)cc1. The molecule has 0 aromatic heterocycles. The lowest BCUT2D eigenvalue weighted by Crippen LogP contribution is -2.14. The molecule has 0 aliphatic heterocycles. The van der Waals surface area contributed by atoms with Gasteiger partial charge in [-0.1, -0.05) is 15.9 Å². The van der Waals surface area contributed by atoms with Crippen LogP contribution in [-0.2, 0) is 0 Å². The average Bonchev–Trinajstić information content (AvgIpc) is 2.42. The van der Waals surface area contributed by atoms with Crippen molar-refractivity contribution < 1.29 is 14.0 Å². The Hall–Kier alpha value is -2.21. The molecular weight excluding hydrogens is 327 g/mol. The molecule has 0 saturated heterocycles. The summed E-state index contributed by atoms with van der Waals surface area (Å²) in [7, 11) is 0. The van der Waals surface area contributed by atoms with Gasteiger partial charge in [-0.3, -0.25) is 9.59 Å². The van der Waals surface area contributed by atoms with E-state index >= 15 is 0 Å². The van der Waals surface area contributed by atoms with Gasteiger partial charge in [0.1, 0.15) is 5.82 Å². The van der Waals surface area contributed by atoms with Gasteiger partial charge in [-0.05, 0) is 42.5 Å². The van der Waals surface area contributed by atoms with Crippen LogP contribution in [0.15, 0.2) is 46.9 Å². The van der Waals surface area contributed by atoms with E-state index in [1.807, 2.05) is 0 Å². The quantitative estimate of drug-likeness (QED) is 0.904. The van der Waals surface area contributed by atoms with Crippen molar-refractivity contribution in [3.8, 4) is 0 Å². The van der Waals surface area contributed by atoms with Crippen LogP contribution in [0.4, 0.5) is 10.1 Å². The van der Waals surface area contributed by atoms with E-state index in [0.29, 0.717) is 15.6 Å². The Kier molecular flexibility index (Phi) is 4.14. The van der Waals surface area contributed by atoms with E-state index in [0.717, 1.165) is 0 Å². The van der Waals surface area contributed by atoms with Gasteiger partial charge < -0.3 is 11.1 Å². The number of carbonyl (C=O) groups excluding carboxylic acids is 2. The van der Waals surface area contributed by atoms with Gasteiger partial charge in [0.2, 0.25) is 5.91 Å². The number of anilines is 1. The summed E-state index contributed by atoms with van der Waals surface area (Å²) in [6.07, 6.45) is 0. The van der Waals surface area contributed by atoms with Crippen LogP contribution in [0.2, 0.25) is 0 Å². The van der Waals surface area contributed by atoms with E-state index in [-0.39, 0.29) is 5.69 Å². The van der Waals surface area contributed by atoms with Crippen molar-refractivity contribution in [1.82, 2.24) is 0 Å². The molecule has 2 amide bonds. The highest BCUT2D eigenvalue weighted by Crippen LogP contribution is 2.20. The van der Waals surface area contributed by atoms with Crippen LogP contribution in [-0.4, -0.2) is 11.8 Å². The van der Waals surface area contributed by atoms with E-state index in [1.165, 1.54) is 36.4 Å². The predicted molar refractivity (Wildman–Crippen MR) is 77.0 cm³/mol. The number of halogens is 2. The number of nitrogens with two attached hydrogens (primary N) is 1. The minimum atomic E-state index is -0.573. The Balaban J connectivity index is 2.17. The highest BCUT2D eigenvalue weighted by Gasteiger charge is 2.10. The van der Waals surface area contributed by atoms with Gasteiger partial charge >= 0.3 is 0 Å². The summed E-state index contributed by atoms with van der Waals surface area (Å²) in [6, 6.07) is 10.1. The normalized spacial score (nSPS) is 10.1. The van der Waals surface area contributed by atoms with Crippen LogP contribution >= 0.6 is 15.9 Å². The maximum absolute atomic E-state index is 13.6. The summed E-state index contributed by atoms with van der Waals surface area (Å²) >= 11 is 3.13. The van der Waals surface area contributed by atoms with E-state index in [4.69, 9.17) is 5.73 Å². The molecular formula is C14H10BrFN2O2. The molecule has 20 heavy (non-hydrogen) atoms. The number of carbonyl (C=O) groups is 2. The van der Waals surface area contributed by atoms with Crippen molar-refractivity contribution in [3.63, 3.8) is 0 Å². The summed E-state index contributed by atoms with van der Waals surface area (Å²) in [6.45, 7) is 0. The van der Waals surface area contributed by atoms with E-state index in [1.54, 1.807) is 6.07 Å². The van der Waals surface area contributed by atoms with Gasteiger partial charge in [0.25, 0.3) is 5.91 Å². The van der Waals surface area contributed by atoms with E-state index < -0.39 is 17.6 Å². The number of hydrogen-bond donors (Lipinski definition) is 2. The van der Waals surface area contributed by atoms with Crippen LogP contribution in [0.3, 0.4) is 0 Å². The minimum Gasteiger partial charge on any atom is -0.366 e. The largest absolute Gasteiger partial charge is 0.366 e. The highest BCUT2D eigenvalue weighted by atomic mass is 79.9. The predicted octanol–water partition coefficient (Wildman–Crippen LogP) is 2.94. The number of amides is 2. The van der Waals surface area contributed by atoms with Gasteiger partial charge in [0, 0.05) is 15.6 Å². The third kappa shape index (κ3) is 3.21. The molecule has 2 aromatic carbocycles. The van der Waals surface area contributed by atoms with Crippen LogP contribution in [0.5, 0.6) is 0 Å². The zero-order chi connectivity index (χ0) is 14.7. The fourth-order valence-corrected chi connectivity index (χ4v) is 1.90. The first-order valence-electron chi connectivity index (χ1n) is 5.63. The van der Waals surface area contributed by atoms with Crippen molar-refractivity contribution in [2.75, 3.05) is 5.32 Å². The van der Waals surface area contributed by atoms with Crippen molar-refractivity contribution in [1.29, 1.82) is 0 Å². The lowest BCUT2D eigenvalue weighted by molar-refractivity contribution is 0.0995. The Morgan fingerprint density at radius 1 is 1.05 bits per heavy atom. The lowest BCUT2D eigenvalue weighted by atomic mass is 10.1. The first-order valence-corrected chi connectivity index (χ1v) is 6.43. The van der Waals surface area contributed by atoms with Gasteiger partial charge in [0.15, 0.2) is 0 Å². The van der Waals surface area contributed by atoms with Crippen molar-refractivity contribution in [3.05, 3.63) is 63.9 Å². The molecule has 0 fully saturated rings. The molecule has 0 bridgehead atoms. The first kappa shape index (κ1) is 14.2. The molecule has 3 N–H and O–H groups in total. The molecule has 0 unspecified atom stereocenters. The molecule has 0 radical (unpaired) electrons. The molecule has 6 heteroatoms. The maximum atomic E-state index is 13.6. The Morgan fingerprint density at radius 2 is 1.65 bits per heavy atom. The Bertz CT molecular complexity index is 671. The molecule has 0 heterocycles. The molecule has 0 aliphatic rings. The van der Waals surface area contributed by atoms with E-state index in [9.17, 15) is 14.0 Å². The zero-order valence-electron chi connectivity index (χ0n) is 10.2. The zero-order valence-corrected chi connectivity index (χ0v) is 11.8. The van der Waals surface area contributed by atoms with Crippen LogP contribution in [0.1, 0.15) is 20.7 Å². The number of rotatable bonds is 3. The second-order valence-electron chi connectivity index (χ2n) is 4.02. The van der Waals surface area contributed by atoms with Crippen LogP contribution in [0.25, 0.3) is 0 Å². The van der Waals surface area contributed by atoms with Gasteiger partial charge in [-0.2, -0.15) is 0 Å². The minimum absolute atomic E-state index is 0.0807. The molecule has 2 rings (SSSR count). The molecule has 0 aliphatic carbocycles. The fourth-order valence-electron chi connectivity index (χ4n) is 1.57. The Labute approximate surface area is 122 Å². The summed E-state index contributed by atoms with van der Waals surface area (Å²) in [5, 5.41) is 2.45. The summed E-state index contributed by atoms with van der Waals surface area (Å²) < 4.78 is 14.2. The van der Waals surface area contributed by atoms with Crippen LogP contribution in [0, 0.1) is 5.82 Å². The maximum Gasteiger partial charge on any atom is 0.255 e. The Morgan fingerprint density at radius 3 is 2.20 bits per heavy atom. The summed E-state index contributed by atoms with van der Waals surface area (Å²) in [5.74, 6) is -1.58. The molecule has 2 aromatic rings. The number of nitrogens with one attached hydrogen (secondary N) is 1. The van der Waals surface area contributed by atoms with E-state index in [2.05, 4.69) is 21.2 Å². The smallest absolute Gasteiger partial charge is 0.255 e. The highest BCUT2D eigenvalue weighted by molar-refractivity contribution is 9.10. The fraction of sp³-hybridized carbons (Fsp3) is 0. The van der Waals surface area contributed by atoms with Crippen molar-refractivity contribution >= 4 is 33.4 Å². The third-order valence-electron chi connectivity index (χ3n) is 2.61. The summed E-state index contributed by atoms with van der Waals surface area (Å²) in [5.41, 5.74) is 5.79. The number of benzene rings is 2. The topological polar surface area (TPSA) is 72.2 Å². The molecule has 0 spiro atoms. The monoisotopic (exact) mass is 336 g/mol. The number of hydrogen-bond acceptors (Lipinski definition) is 2. The number of primary amides is 1. The second kappa shape index (κ2) is 5.83. The van der Waals surface area contributed by atoms with Crippen molar-refractivity contribution in [2.24, 2.45) is 5.73 Å². The second-order valence-corrected chi connectivity index (χ2v) is 4.94. The van der Waals surface area contributed by atoms with Gasteiger partial charge in [-0.15, -0.1) is 0 Å². The molecule has 0 atom stereocenters. The average molecular weight is 337 g/mol. The lowest BCUT2D eigenvalue weighted by Gasteiger charge is -2.07. The summed E-state index contributed by atoms with van der Waals surface area (Å²) in [4.78, 5) is 22.8. The van der Waals surface area contributed by atoms with Gasteiger partial charge in [-0.25, -0.2) is 4.39 Å². The molecule has 0 saturated carbocycles. The standard InChI is InChI=1S/C14H10BrFN2O2/c15-10-5-6-12(11(16)7-10)18-14(20)9-3-1-8(2-4-9)13(17)19/h1-7H,(H2,17,19)(H,18,20). The third-order valence-corrected chi connectivity index (χ3v) is 3.10. The molecule has 4 nitrogen and oxygen atoms in total. The van der Waals surface area contributed by atoms with Crippen molar-refractivity contribution in [2.45, 2.75) is 0 Å². The van der Waals surface area contributed by atoms with Gasteiger partial charge in [0.05, 0.1) is 5.69 Å². The van der Waals surface area contributed by atoms with Crippen LogP contribution < -0.4 is 11.1 Å². The first-order chi connectivity index (χ1) is 9.47. The molecule has 102 valence electrons.